The lowest BCUT2D eigenvalue weighted by Crippen LogP contribution is -2.47. The van der Waals surface area contributed by atoms with Gasteiger partial charge >= 0.3 is 6.09 Å². The van der Waals surface area contributed by atoms with Crippen molar-refractivity contribution in [1.82, 2.24) is 30.3 Å². The Balaban J connectivity index is 1.41. The molecule has 2 aromatic heterocycles. The number of hydrazine groups is 1. The number of amides is 2. The molecule has 3 aromatic carbocycles. The smallest absolute Gasteiger partial charge is 0.433 e. The quantitative estimate of drug-likeness (QED) is 0.212. The lowest BCUT2D eigenvalue weighted by molar-refractivity contribution is 0.0941. The van der Waals surface area contributed by atoms with E-state index in [-0.39, 0.29) is 6.54 Å². The number of nitrogens with one attached hydrogen (secondary N) is 1. The highest BCUT2D eigenvalue weighted by atomic mass is 32.3. The van der Waals surface area contributed by atoms with E-state index in [4.69, 9.17) is 9.72 Å². The number of fused-ring (bicyclic) bond motifs is 1. The molecule has 2 amide bonds. The van der Waals surface area contributed by atoms with Gasteiger partial charge < -0.3 is 4.74 Å². The molecule has 13 heteroatoms. The summed E-state index contributed by atoms with van der Waals surface area (Å²) in [6, 6.07) is 25.7. The summed E-state index contributed by atoms with van der Waals surface area (Å²) < 4.78 is 26.6. The number of hydrogen-bond donors (Lipinski definition) is 3. The zero-order chi connectivity index (χ0) is 31.4. The Morgan fingerprint density at radius 3 is 2.31 bits per heavy atom. The molecule has 5 aromatic rings. The fourth-order valence-corrected chi connectivity index (χ4v) is 6.65. The molecule has 3 heterocycles. The maximum atomic E-state index is 14.3. The number of hydrogen-bond acceptors (Lipinski definition) is 9. The third kappa shape index (κ3) is 6.81. The molecule has 6 rings (SSSR count). The highest BCUT2D eigenvalue weighted by Gasteiger charge is 2.27. The van der Waals surface area contributed by atoms with Crippen molar-refractivity contribution in [2.75, 3.05) is 36.7 Å². The first-order valence-corrected chi connectivity index (χ1v) is 16.3. The maximum Gasteiger partial charge on any atom is 0.433 e. The number of carbonyl (C=O) groups excluding carboxylic acids is 2. The number of para-hydroxylation sites is 2. The third-order valence-corrected chi connectivity index (χ3v) is 9.29. The molecule has 3 N–H and O–H groups in total. The average molecular weight is 628 g/mol. The third-order valence-electron chi connectivity index (χ3n) is 7.61. The fraction of sp³-hybridized carbons (Fsp3) is 0.219. The fourth-order valence-electron chi connectivity index (χ4n) is 5.34. The Morgan fingerprint density at radius 2 is 1.60 bits per heavy atom. The molecule has 0 bridgehead atoms. The van der Waals surface area contributed by atoms with Crippen LogP contribution in [0.15, 0.2) is 91.1 Å². The summed E-state index contributed by atoms with van der Waals surface area (Å²) in [5, 5.41) is 10.4. The van der Waals surface area contributed by atoms with E-state index in [9.17, 15) is 18.7 Å². The molecule has 0 spiro atoms. The lowest BCUT2D eigenvalue weighted by Gasteiger charge is -2.40. The van der Waals surface area contributed by atoms with Gasteiger partial charge in [-0.05, 0) is 18.2 Å². The maximum absolute atomic E-state index is 14.3. The van der Waals surface area contributed by atoms with E-state index >= 15 is 0 Å². The average Bonchev–Trinajstić information content (AvgIpc) is 3.51. The van der Waals surface area contributed by atoms with Crippen LogP contribution in [0.1, 0.15) is 21.6 Å². The molecule has 232 valence electrons. The zero-order valence-electron chi connectivity index (χ0n) is 24.6. The van der Waals surface area contributed by atoms with Gasteiger partial charge in [0.1, 0.15) is 0 Å². The molecular weight excluding hydrogens is 594 g/mol. The Kier molecular flexibility index (Phi) is 8.76. The molecule has 1 aliphatic rings. The van der Waals surface area contributed by atoms with Crippen LogP contribution in [0.2, 0.25) is 0 Å². The topological polar surface area (TPSA) is 146 Å². The summed E-state index contributed by atoms with van der Waals surface area (Å²) in [4.78, 5) is 34.2. The van der Waals surface area contributed by atoms with E-state index < -0.39 is 22.6 Å². The highest BCUT2D eigenvalue weighted by Crippen LogP contribution is 2.40. The second-order valence-corrected chi connectivity index (χ2v) is 13.1. The van der Waals surface area contributed by atoms with Crippen LogP contribution >= 0.6 is 10.6 Å². The first-order chi connectivity index (χ1) is 21.8. The zero-order valence-corrected chi connectivity index (χ0v) is 25.4. The second kappa shape index (κ2) is 13.0. The number of rotatable bonds is 7. The van der Waals surface area contributed by atoms with Crippen LogP contribution in [0.4, 0.5) is 10.5 Å². The molecule has 1 fully saturated rings. The van der Waals surface area contributed by atoms with Crippen molar-refractivity contribution < 1.29 is 23.4 Å². The van der Waals surface area contributed by atoms with E-state index in [1.165, 1.54) is 7.11 Å². The Bertz CT molecular complexity index is 1810. The molecule has 12 nitrogen and oxygen atoms in total. The second-order valence-electron chi connectivity index (χ2n) is 10.7. The normalized spacial score (nSPS) is 15.4. The SMILES string of the molecule is COC(=O)N(NC(=O)c1c(Cn2cc(CN3CCS(O)(O)CC3)nn2)c(-c2ccccc2)nc2ccccc12)c1ccccc1. The van der Waals surface area contributed by atoms with Crippen LogP contribution in [0.3, 0.4) is 0 Å². The predicted molar refractivity (Wildman–Crippen MR) is 173 cm³/mol. The molecule has 0 aliphatic carbocycles. The van der Waals surface area contributed by atoms with E-state index in [1.807, 2.05) is 66.9 Å². The number of nitrogens with zero attached hydrogens (tertiary/aromatic N) is 6. The molecular formula is C32H33N7O5S. The van der Waals surface area contributed by atoms with Crippen molar-refractivity contribution in [3.8, 4) is 11.3 Å². The van der Waals surface area contributed by atoms with Crippen LogP contribution in [0.25, 0.3) is 22.2 Å². The van der Waals surface area contributed by atoms with Crippen molar-refractivity contribution in [2.24, 2.45) is 0 Å². The minimum atomic E-state index is -2.50. The minimum Gasteiger partial charge on any atom is -0.451 e. The number of pyridine rings is 1. The Labute approximate surface area is 261 Å². The van der Waals surface area contributed by atoms with Crippen molar-refractivity contribution in [1.29, 1.82) is 0 Å². The Morgan fingerprint density at radius 1 is 0.933 bits per heavy atom. The summed E-state index contributed by atoms with van der Waals surface area (Å²) in [7, 11) is -1.25. The summed E-state index contributed by atoms with van der Waals surface area (Å²) in [6.07, 6.45) is 1.07. The van der Waals surface area contributed by atoms with Crippen LogP contribution in [-0.4, -0.2) is 77.7 Å². The number of ether oxygens (including phenoxy) is 1. The van der Waals surface area contributed by atoms with Gasteiger partial charge in [-0.3, -0.25) is 24.2 Å². The summed E-state index contributed by atoms with van der Waals surface area (Å²) >= 11 is 0. The number of anilines is 1. The van der Waals surface area contributed by atoms with Crippen molar-refractivity contribution >= 4 is 39.2 Å². The van der Waals surface area contributed by atoms with Gasteiger partial charge in [0, 0.05) is 36.1 Å². The number of carbonyl (C=O) groups is 2. The van der Waals surface area contributed by atoms with Crippen LogP contribution in [0.5, 0.6) is 0 Å². The van der Waals surface area contributed by atoms with Gasteiger partial charge in [-0.1, -0.05) is 71.9 Å². The largest absolute Gasteiger partial charge is 0.451 e. The molecule has 1 saturated heterocycles. The summed E-state index contributed by atoms with van der Waals surface area (Å²) in [5.74, 6) is 0.158. The molecule has 0 radical (unpaired) electrons. The minimum absolute atomic E-state index is 0.169. The summed E-state index contributed by atoms with van der Waals surface area (Å²) in [6.45, 7) is 1.80. The summed E-state index contributed by atoms with van der Waals surface area (Å²) in [5.41, 5.74) is 6.87. The first kappa shape index (κ1) is 30.2. The van der Waals surface area contributed by atoms with Gasteiger partial charge in [0.25, 0.3) is 5.91 Å². The van der Waals surface area contributed by atoms with Gasteiger partial charge in [0.15, 0.2) is 0 Å². The van der Waals surface area contributed by atoms with Gasteiger partial charge in [0.05, 0.1) is 59.5 Å². The van der Waals surface area contributed by atoms with Gasteiger partial charge in [0.2, 0.25) is 0 Å². The molecule has 0 saturated carbocycles. The number of benzene rings is 3. The van der Waals surface area contributed by atoms with Gasteiger partial charge in [-0.15, -0.1) is 5.10 Å². The molecule has 1 aliphatic heterocycles. The van der Waals surface area contributed by atoms with Crippen LogP contribution < -0.4 is 10.4 Å². The van der Waals surface area contributed by atoms with E-state index in [1.54, 1.807) is 28.9 Å². The van der Waals surface area contributed by atoms with Crippen LogP contribution in [0, 0.1) is 0 Å². The van der Waals surface area contributed by atoms with Crippen molar-refractivity contribution in [3.05, 3.63) is 108 Å². The Hall–Kier alpha value is -4.82. The first-order valence-electron chi connectivity index (χ1n) is 14.4. The number of aromatic nitrogens is 4. The van der Waals surface area contributed by atoms with Crippen molar-refractivity contribution in [3.63, 3.8) is 0 Å². The molecule has 0 unspecified atom stereocenters. The predicted octanol–water partition coefficient (Wildman–Crippen LogP) is 5.03. The number of methoxy groups -OCH3 is 1. The molecule has 45 heavy (non-hydrogen) atoms. The molecule has 0 atom stereocenters. The van der Waals surface area contributed by atoms with E-state index in [0.717, 1.165) is 16.3 Å². The van der Waals surface area contributed by atoms with E-state index in [2.05, 4.69) is 20.6 Å². The van der Waals surface area contributed by atoms with Gasteiger partial charge in [-0.2, -0.15) is 15.6 Å². The lowest BCUT2D eigenvalue weighted by atomic mass is 9.96. The van der Waals surface area contributed by atoms with Crippen molar-refractivity contribution in [2.45, 2.75) is 13.1 Å². The van der Waals surface area contributed by atoms with E-state index in [0.29, 0.717) is 64.6 Å². The van der Waals surface area contributed by atoms with Gasteiger partial charge in [-0.25, -0.2) is 14.5 Å². The highest BCUT2D eigenvalue weighted by molar-refractivity contribution is 8.24. The monoisotopic (exact) mass is 627 g/mol. The standard InChI is InChI=1S/C32H33N7O5S/c1-44-32(41)39(25-12-6-3-7-13-25)35-31(40)29-26-14-8-9-15-28(26)33-30(23-10-4-2-5-11-23)27(29)22-38-21-24(34-36-38)20-37-16-18-45(42,43)19-17-37/h2-15,21,42-43H,16-20,22H2,1H3,(H,35,40). The van der Waals surface area contributed by atoms with Crippen LogP contribution in [-0.2, 0) is 17.8 Å².